The van der Waals surface area contributed by atoms with Crippen LogP contribution in [0.15, 0.2) is 28.7 Å². The van der Waals surface area contributed by atoms with Crippen molar-refractivity contribution in [1.29, 1.82) is 0 Å². The van der Waals surface area contributed by atoms with Crippen molar-refractivity contribution in [2.45, 2.75) is 13.0 Å². The molecule has 2 aromatic rings. The molecule has 0 saturated heterocycles. The van der Waals surface area contributed by atoms with Crippen molar-refractivity contribution in [1.82, 2.24) is 21.0 Å². The Hall–Kier alpha value is -2.55. The van der Waals surface area contributed by atoms with Gasteiger partial charge in [0.2, 0.25) is 6.10 Å². The molecule has 0 fully saturated rings. The number of ether oxygens (including phenoxy) is 2. The van der Waals surface area contributed by atoms with Crippen LogP contribution in [-0.4, -0.2) is 34.7 Å². The number of amides is 2. The number of hydrogen-bond donors (Lipinski definition) is 3. The molecule has 1 unspecified atom stereocenters. The van der Waals surface area contributed by atoms with E-state index in [0.29, 0.717) is 21.7 Å². The molecule has 2 heterocycles. The van der Waals surface area contributed by atoms with Crippen LogP contribution in [0.4, 0.5) is 0 Å². The van der Waals surface area contributed by atoms with Gasteiger partial charge in [0.25, 0.3) is 11.8 Å². The Balaban J connectivity index is 1.58. The largest absolute Gasteiger partial charge is 0.485 e. The molecule has 120 valence electrons. The summed E-state index contributed by atoms with van der Waals surface area (Å²) in [7, 11) is 0. The summed E-state index contributed by atoms with van der Waals surface area (Å²) >= 11 is 3.24. The zero-order valence-electron chi connectivity index (χ0n) is 12.1. The van der Waals surface area contributed by atoms with Gasteiger partial charge in [0.15, 0.2) is 17.2 Å². The van der Waals surface area contributed by atoms with Crippen LogP contribution in [0.2, 0.25) is 0 Å². The van der Waals surface area contributed by atoms with E-state index in [-0.39, 0.29) is 12.3 Å². The van der Waals surface area contributed by atoms with E-state index in [0.717, 1.165) is 0 Å². The van der Waals surface area contributed by atoms with E-state index in [1.165, 1.54) is 0 Å². The second-order valence-corrected chi connectivity index (χ2v) is 5.61. The third kappa shape index (κ3) is 3.14. The Labute approximate surface area is 139 Å². The van der Waals surface area contributed by atoms with Gasteiger partial charge in [-0.3, -0.25) is 25.5 Å². The highest BCUT2D eigenvalue weighted by Gasteiger charge is 2.28. The van der Waals surface area contributed by atoms with Crippen molar-refractivity contribution in [2.75, 3.05) is 6.61 Å². The molecule has 1 atom stereocenters. The summed E-state index contributed by atoms with van der Waals surface area (Å²) in [6.45, 7) is 1.82. The van der Waals surface area contributed by atoms with E-state index in [2.05, 4.69) is 37.0 Å². The molecule has 0 aliphatic carbocycles. The van der Waals surface area contributed by atoms with Crippen LogP contribution in [0.1, 0.15) is 16.2 Å². The average molecular weight is 381 g/mol. The van der Waals surface area contributed by atoms with Gasteiger partial charge in [-0.2, -0.15) is 5.10 Å². The average Bonchev–Trinajstić information content (AvgIpc) is 2.91. The standard InChI is InChI=1S/C14H13BrN4O4/c1-7-11(15)12(17-16-7)14(21)19-18-13(20)10-6-22-8-4-2-3-5-9(8)23-10/h2-5,10H,6H2,1H3,(H,16,17)(H,18,20)(H,19,21). The highest BCUT2D eigenvalue weighted by atomic mass is 79.9. The summed E-state index contributed by atoms with van der Waals surface area (Å²) < 4.78 is 11.5. The number of nitrogens with zero attached hydrogens (tertiary/aromatic N) is 1. The minimum atomic E-state index is -0.852. The number of hydrogen-bond acceptors (Lipinski definition) is 5. The first-order valence-corrected chi connectivity index (χ1v) is 7.54. The van der Waals surface area contributed by atoms with Gasteiger partial charge in [0, 0.05) is 5.69 Å². The number of carbonyl (C=O) groups excluding carboxylic acids is 2. The van der Waals surface area contributed by atoms with Crippen molar-refractivity contribution in [3.63, 3.8) is 0 Å². The fraction of sp³-hybridized carbons (Fsp3) is 0.214. The van der Waals surface area contributed by atoms with Crippen LogP contribution in [0.5, 0.6) is 11.5 Å². The zero-order valence-corrected chi connectivity index (χ0v) is 13.6. The van der Waals surface area contributed by atoms with Crippen molar-refractivity contribution >= 4 is 27.7 Å². The number of aromatic amines is 1. The van der Waals surface area contributed by atoms with Crippen molar-refractivity contribution < 1.29 is 19.1 Å². The molecule has 8 nitrogen and oxygen atoms in total. The Morgan fingerprint density at radius 3 is 2.74 bits per heavy atom. The summed E-state index contributed by atoms with van der Waals surface area (Å²) in [6, 6.07) is 7.05. The van der Waals surface area contributed by atoms with Gasteiger partial charge in [-0.25, -0.2) is 0 Å². The normalized spacial score (nSPS) is 15.8. The zero-order chi connectivity index (χ0) is 16.4. The van der Waals surface area contributed by atoms with Gasteiger partial charge in [-0.05, 0) is 35.0 Å². The van der Waals surface area contributed by atoms with Gasteiger partial charge >= 0.3 is 0 Å². The Kier molecular flexibility index (Phi) is 4.20. The molecular formula is C14H13BrN4O4. The maximum absolute atomic E-state index is 12.1. The minimum absolute atomic E-state index is 0.0594. The lowest BCUT2D eigenvalue weighted by Crippen LogP contribution is -2.51. The van der Waals surface area contributed by atoms with Gasteiger partial charge in [0.1, 0.15) is 6.61 Å². The number of aryl methyl sites for hydroxylation is 1. The Bertz CT molecular complexity index is 761. The summed E-state index contributed by atoms with van der Waals surface area (Å²) in [6.07, 6.45) is -0.852. The van der Waals surface area contributed by atoms with Gasteiger partial charge in [-0.15, -0.1) is 0 Å². The van der Waals surface area contributed by atoms with E-state index in [1.54, 1.807) is 25.1 Å². The lowest BCUT2D eigenvalue weighted by atomic mass is 10.2. The number of aromatic nitrogens is 2. The molecule has 0 saturated carbocycles. The van der Waals surface area contributed by atoms with Crippen LogP contribution >= 0.6 is 15.9 Å². The Morgan fingerprint density at radius 1 is 1.30 bits per heavy atom. The fourth-order valence-corrected chi connectivity index (χ4v) is 2.33. The maximum atomic E-state index is 12.1. The van der Waals surface area contributed by atoms with Crippen LogP contribution in [0.25, 0.3) is 0 Å². The first-order valence-electron chi connectivity index (χ1n) is 6.75. The molecule has 3 rings (SSSR count). The Morgan fingerprint density at radius 2 is 2.04 bits per heavy atom. The number of rotatable bonds is 2. The number of halogens is 1. The third-order valence-electron chi connectivity index (χ3n) is 3.19. The predicted molar refractivity (Wildman–Crippen MR) is 83.0 cm³/mol. The molecule has 2 amide bonds. The second-order valence-electron chi connectivity index (χ2n) is 4.82. The SMILES string of the molecule is Cc1[nH]nc(C(=O)NNC(=O)C2COc3ccccc3O2)c1Br. The maximum Gasteiger partial charge on any atom is 0.291 e. The van der Waals surface area contributed by atoms with Crippen molar-refractivity contribution in [3.8, 4) is 11.5 Å². The van der Waals surface area contributed by atoms with E-state index >= 15 is 0 Å². The molecule has 9 heteroatoms. The molecular weight excluding hydrogens is 368 g/mol. The van der Waals surface area contributed by atoms with E-state index in [1.807, 2.05) is 6.07 Å². The third-order valence-corrected chi connectivity index (χ3v) is 4.16. The minimum Gasteiger partial charge on any atom is -0.485 e. The number of fused-ring (bicyclic) bond motifs is 1. The van der Waals surface area contributed by atoms with Gasteiger partial charge in [-0.1, -0.05) is 12.1 Å². The number of nitrogens with one attached hydrogen (secondary N) is 3. The molecule has 0 bridgehead atoms. The van der Waals surface area contributed by atoms with Crippen LogP contribution in [0, 0.1) is 6.92 Å². The second kappa shape index (κ2) is 6.29. The molecule has 1 aromatic carbocycles. The van der Waals surface area contributed by atoms with Gasteiger partial charge in [0.05, 0.1) is 4.47 Å². The van der Waals surface area contributed by atoms with E-state index in [9.17, 15) is 9.59 Å². The van der Waals surface area contributed by atoms with E-state index < -0.39 is 17.9 Å². The molecule has 23 heavy (non-hydrogen) atoms. The smallest absolute Gasteiger partial charge is 0.291 e. The van der Waals surface area contributed by atoms with Crippen LogP contribution in [-0.2, 0) is 4.79 Å². The van der Waals surface area contributed by atoms with Crippen molar-refractivity contribution in [2.24, 2.45) is 0 Å². The number of benzene rings is 1. The molecule has 0 radical (unpaired) electrons. The highest BCUT2D eigenvalue weighted by molar-refractivity contribution is 9.10. The van der Waals surface area contributed by atoms with Crippen molar-refractivity contribution in [3.05, 3.63) is 40.1 Å². The summed E-state index contributed by atoms with van der Waals surface area (Å²) in [5, 5.41) is 6.51. The summed E-state index contributed by atoms with van der Waals surface area (Å²) in [5.74, 6) is -0.00431. The quantitative estimate of drug-likeness (QED) is 0.676. The summed E-state index contributed by atoms with van der Waals surface area (Å²) in [5.41, 5.74) is 5.44. The first-order chi connectivity index (χ1) is 11.1. The molecule has 1 aliphatic rings. The van der Waals surface area contributed by atoms with Crippen LogP contribution < -0.4 is 20.3 Å². The lowest BCUT2D eigenvalue weighted by Gasteiger charge is -2.25. The fourth-order valence-electron chi connectivity index (χ4n) is 1.97. The number of carbonyl (C=O) groups is 2. The number of H-pyrrole nitrogens is 1. The monoisotopic (exact) mass is 380 g/mol. The lowest BCUT2D eigenvalue weighted by molar-refractivity contribution is -0.131. The number of para-hydroxylation sites is 2. The highest BCUT2D eigenvalue weighted by Crippen LogP contribution is 2.30. The topological polar surface area (TPSA) is 105 Å². The van der Waals surface area contributed by atoms with Gasteiger partial charge < -0.3 is 9.47 Å². The van der Waals surface area contributed by atoms with E-state index in [4.69, 9.17) is 9.47 Å². The molecule has 1 aliphatic heterocycles. The summed E-state index contributed by atoms with van der Waals surface area (Å²) in [4.78, 5) is 24.0. The number of hydrazine groups is 1. The first kappa shape index (κ1) is 15.3. The predicted octanol–water partition coefficient (Wildman–Crippen LogP) is 1.08. The molecule has 3 N–H and O–H groups in total. The molecule has 1 aromatic heterocycles. The van der Waals surface area contributed by atoms with Crippen LogP contribution in [0.3, 0.4) is 0 Å². The molecule has 0 spiro atoms.